The van der Waals surface area contributed by atoms with Crippen LogP contribution in [0.4, 0.5) is 0 Å². The van der Waals surface area contributed by atoms with Crippen molar-refractivity contribution in [1.29, 1.82) is 0 Å². The van der Waals surface area contributed by atoms with Gasteiger partial charge in [0.05, 0.1) is 0 Å². The van der Waals surface area contributed by atoms with Crippen molar-refractivity contribution in [2.75, 3.05) is 0 Å². The normalized spacial score (nSPS) is 11.4. The maximum absolute atomic E-state index is 14.3. The van der Waals surface area contributed by atoms with E-state index in [4.69, 9.17) is 0 Å². The third-order valence-electron chi connectivity index (χ3n) is 3.66. The molecule has 5 heteroatoms. The monoisotopic (exact) mass is 374 g/mol. The molecule has 0 N–H and O–H groups in total. The quantitative estimate of drug-likeness (QED) is 0.463. The van der Waals surface area contributed by atoms with E-state index >= 15 is 0 Å². The number of thiol groups is 3. The highest BCUT2D eigenvalue weighted by molar-refractivity contribution is 7.90. The summed E-state index contributed by atoms with van der Waals surface area (Å²) in [5.74, 6) is 0. The molecule has 0 radical (unpaired) electrons. The van der Waals surface area contributed by atoms with E-state index in [1.807, 2.05) is 72.8 Å². The molecule has 0 amide bonds. The fourth-order valence-corrected chi connectivity index (χ4v) is 7.19. The third-order valence-corrected chi connectivity index (χ3v) is 8.57. The number of benzene rings is 3. The van der Waals surface area contributed by atoms with Crippen LogP contribution in [-0.2, 0) is 4.57 Å². The van der Waals surface area contributed by atoms with Crippen molar-refractivity contribution in [3.63, 3.8) is 0 Å². The molecule has 0 aliphatic carbocycles. The number of hydrogen-bond acceptors (Lipinski definition) is 4. The lowest BCUT2D eigenvalue weighted by atomic mass is 10.3. The Morgan fingerprint density at radius 2 is 0.783 bits per heavy atom. The van der Waals surface area contributed by atoms with Crippen LogP contribution in [0, 0.1) is 0 Å². The summed E-state index contributed by atoms with van der Waals surface area (Å²) in [5.41, 5.74) is 0. The lowest BCUT2D eigenvalue weighted by Crippen LogP contribution is -2.27. The Labute approximate surface area is 152 Å². The van der Waals surface area contributed by atoms with Crippen molar-refractivity contribution in [2.45, 2.75) is 14.7 Å². The molecule has 3 rings (SSSR count). The summed E-state index contributed by atoms with van der Waals surface area (Å²) in [5, 5.41) is 2.10. The van der Waals surface area contributed by atoms with Gasteiger partial charge in [0.25, 0.3) is 0 Å². The van der Waals surface area contributed by atoms with Gasteiger partial charge in [-0.1, -0.05) is 36.4 Å². The fraction of sp³-hybridized carbons (Fsp3) is 0. The predicted octanol–water partition coefficient (Wildman–Crippen LogP) is 4.19. The van der Waals surface area contributed by atoms with Crippen LogP contribution >= 0.6 is 45.0 Å². The maximum Gasteiger partial charge on any atom is 0.174 e. The van der Waals surface area contributed by atoms with Gasteiger partial charge < -0.3 is 4.57 Å². The van der Waals surface area contributed by atoms with E-state index in [1.54, 1.807) is 0 Å². The molecule has 0 heterocycles. The Kier molecular flexibility index (Phi) is 4.98. The van der Waals surface area contributed by atoms with Crippen molar-refractivity contribution in [1.82, 2.24) is 0 Å². The van der Waals surface area contributed by atoms with Gasteiger partial charge in [0.2, 0.25) is 0 Å². The Morgan fingerprint density at radius 1 is 0.522 bits per heavy atom. The van der Waals surface area contributed by atoms with Gasteiger partial charge in [-0.3, -0.25) is 0 Å². The third kappa shape index (κ3) is 3.01. The molecule has 0 unspecified atom stereocenters. The second-order valence-electron chi connectivity index (χ2n) is 5.08. The second kappa shape index (κ2) is 6.82. The van der Waals surface area contributed by atoms with E-state index in [-0.39, 0.29) is 0 Å². The average Bonchev–Trinajstić information content (AvgIpc) is 2.55. The van der Waals surface area contributed by atoms with Gasteiger partial charge in [-0.25, -0.2) is 0 Å². The molecular formula is C18H15OPS3. The summed E-state index contributed by atoms with van der Waals surface area (Å²) >= 11 is 13.6. The van der Waals surface area contributed by atoms with Crippen molar-refractivity contribution < 1.29 is 4.57 Å². The average molecular weight is 374 g/mol. The van der Waals surface area contributed by atoms with E-state index in [0.29, 0.717) is 30.6 Å². The SMILES string of the molecule is O=P(c1ccccc1S)(c1ccccc1S)c1ccccc1S. The minimum absolute atomic E-state index is 0.698. The summed E-state index contributed by atoms with van der Waals surface area (Å²) < 4.78 is 14.3. The van der Waals surface area contributed by atoms with E-state index < -0.39 is 7.14 Å². The molecule has 0 saturated carbocycles. The van der Waals surface area contributed by atoms with Crippen LogP contribution in [0.5, 0.6) is 0 Å². The predicted molar refractivity (Wildman–Crippen MR) is 108 cm³/mol. The van der Waals surface area contributed by atoms with Crippen LogP contribution in [0.15, 0.2) is 87.5 Å². The maximum atomic E-state index is 14.3. The lowest BCUT2D eigenvalue weighted by molar-refractivity contribution is 0.591. The summed E-state index contributed by atoms with van der Waals surface area (Å²) in [7, 11) is -3.12. The Morgan fingerprint density at radius 3 is 1.04 bits per heavy atom. The van der Waals surface area contributed by atoms with Crippen LogP contribution in [0.3, 0.4) is 0 Å². The van der Waals surface area contributed by atoms with Gasteiger partial charge >= 0.3 is 0 Å². The van der Waals surface area contributed by atoms with Crippen LogP contribution < -0.4 is 15.9 Å². The molecule has 1 nitrogen and oxygen atoms in total. The minimum Gasteiger partial charge on any atom is -0.309 e. The van der Waals surface area contributed by atoms with Gasteiger partial charge in [-0.2, -0.15) is 0 Å². The summed E-state index contributed by atoms with van der Waals surface area (Å²) in [6.07, 6.45) is 0. The molecule has 0 fully saturated rings. The molecule has 0 bridgehead atoms. The van der Waals surface area contributed by atoms with E-state index in [0.717, 1.165) is 0 Å². The smallest absolute Gasteiger partial charge is 0.174 e. The minimum atomic E-state index is -3.12. The van der Waals surface area contributed by atoms with Crippen molar-refractivity contribution in [3.8, 4) is 0 Å². The van der Waals surface area contributed by atoms with Crippen molar-refractivity contribution in [3.05, 3.63) is 72.8 Å². The van der Waals surface area contributed by atoms with E-state index in [1.165, 1.54) is 0 Å². The molecule has 3 aromatic carbocycles. The molecule has 0 aliphatic rings. The van der Waals surface area contributed by atoms with Gasteiger partial charge in [0.15, 0.2) is 7.14 Å². The summed E-state index contributed by atoms with van der Waals surface area (Å²) in [6, 6.07) is 22.4. The molecule has 116 valence electrons. The fourth-order valence-electron chi connectivity index (χ4n) is 2.58. The number of rotatable bonds is 3. The topological polar surface area (TPSA) is 17.1 Å². The Hall–Kier alpha value is -1.06. The van der Waals surface area contributed by atoms with E-state index in [2.05, 4.69) is 37.9 Å². The zero-order valence-corrected chi connectivity index (χ0v) is 15.7. The number of hydrogen-bond donors (Lipinski definition) is 3. The lowest BCUT2D eigenvalue weighted by Gasteiger charge is -2.23. The molecule has 0 saturated heterocycles. The van der Waals surface area contributed by atoms with Crippen LogP contribution in [0.1, 0.15) is 0 Å². The largest absolute Gasteiger partial charge is 0.309 e. The van der Waals surface area contributed by atoms with E-state index in [9.17, 15) is 4.57 Å². The van der Waals surface area contributed by atoms with Gasteiger partial charge in [-0.15, -0.1) is 37.9 Å². The zero-order valence-electron chi connectivity index (χ0n) is 12.1. The first-order valence-electron chi connectivity index (χ1n) is 7.01. The Balaban J connectivity index is 2.41. The van der Waals surface area contributed by atoms with Crippen LogP contribution in [0.2, 0.25) is 0 Å². The molecule has 0 atom stereocenters. The first kappa shape index (κ1) is 16.8. The summed E-state index contributed by atoms with van der Waals surface area (Å²) in [6.45, 7) is 0. The molecule has 0 aromatic heterocycles. The first-order chi connectivity index (χ1) is 11.0. The molecule has 3 aromatic rings. The highest BCUT2D eigenvalue weighted by Crippen LogP contribution is 2.46. The van der Waals surface area contributed by atoms with Gasteiger partial charge in [0, 0.05) is 30.6 Å². The zero-order chi connectivity index (χ0) is 16.4. The molecular weight excluding hydrogens is 359 g/mol. The first-order valence-corrected chi connectivity index (χ1v) is 10.1. The van der Waals surface area contributed by atoms with Crippen LogP contribution in [0.25, 0.3) is 0 Å². The molecule has 0 aliphatic heterocycles. The second-order valence-corrected chi connectivity index (χ2v) is 9.18. The van der Waals surface area contributed by atoms with Crippen LogP contribution in [-0.4, -0.2) is 0 Å². The Bertz CT molecular complexity index is 790. The highest BCUT2D eigenvalue weighted by atomic mass is 32.1. The highest BCUT2D eigenvalue weighted by Gasteiger charge is 2.34. The standard InChI is InChI=1S/C18H15OPS3/c19-20(13-7-1-4-10-16(13)21,14-8-2-5-11-17(14)22)15-9-3-6-12-18(15)23/h1-12,21-23H. The van der Waals surface area contributed by atoms with Crippen molar-refractivity contribution >= 4 is 60.9 Å². The molecule has 0 spiro atoms. The van der Waals surface area contributed by atoms with Gasteiger partial charge in [-0.05, 0) is 36.4 Å². The molecule has 23 heavy (non-hydrogen) atoms. The van der Waals surface area contributed by atoms with Crippen molar-refractivity contribution in [2.24, 2.45) is 0 Å². The van der Waals surface area contributed by atoms with Gasteiger partial charge in [0.1, 0.15) is 0 Å². The summed E-state index contributed by atoms with van der Waals surface area (Å²) in [4.78, 5) is 2.09.